The molecule has 112 valence electrons. The Kier molecular flexibility index (Phi) is 3.68. The number of carboxylic acids is 1. The predicted octanol–water partition coefficient (Wildman–Crippen LogP) is 0.837. The first kappa shape index (κ1) is 13.7. The molecule has 2 N–H and O–H groups in total. The number of carbonyl (C=O) groups excluding carboxylic acids is 1. The van der Waals surface area contributed by atoms with Gasteiger partial charge < -0.3 is 19.9 Å². The molecule has 1 fully saturated rings. The standard InChI is InChI=1S/C15H17NO5/c17-14(10-8-11(10)15(18)19)16-4-3-9-1-2-12-13(7-9)21-6-5-20-12/h1-2,7,10-11H,3-6,8H2,(H,16,17)(H,18,19)/t10-,11-/m0/s1. The number of carbonyl (C=O) groups is 2. The van der Waals surface area contributed by atoms with Crippen molar-refractivity contribution >= 4 is 11.9 Å². The summed E-state index contributed by atoms with van der Waals surface area (Å²) in [5.41, 5.74) is 1.05. The minimum Gasteiger partial charge on any atom is -0.486 e. The lowest BCUT2D eigenvalue weighted by atomic mass is 10.1. The molecule has 1 heterocycles. The van der Waals surface area contributed by atoms with Gasteiger partial charge in [-0.1, -0.05) is 6.07 Å². The maximum Gasteiger partial charge on any atom is 0.307 e. The Bertz CT molecular complexity index is 571. The SMILES string of the molecule is O=C(O)[C@H]1C[C@@H]1C(=O)NCCc1ccc2c(c1)OCCO2. The summed E-state index contributed by atoms with van der Waals surface area (Å²) in [7, 11) is 0. The number of rotatable bonds is 5. The van der Waals surface area contributed by atoms with Crippen LogP contribution in [0.5, 0.6) is 11.5 Å². The fourth-order valence-corrected chi connectivity index (χ4v) is 2.46. The minimum absolute atomic E-state index is 0.167. The summed E-state index contributed by atoms with van der Waals surface area (Å²) in [4.78, 5) is 22.4. The van der Waals surface area contributed by atoms with E-state index in [9.17, 15) is 9.59 Å². The van der Waals surface area contributed by atoms with Crippen LogP contribution in [0.1, 0.15) is 12.0 Å². The van der Waals surface area contributed by atoms with E-state index in [1.165, 1.54) is 0 Å². The Hall–Kier alpha value is -2.24. The molecule has 0 spiro atoms. The van der Waals surface area contributed by atoms with Gasteiger partial charge in [0.25, 0.3) is 0 Å². The second kappa shape index (κ2) is 5.63. The van der Waals surface area contributed by atoms with E-state index >= 15 is 0 Å². The van der Waals surface area contributed by atoms with Crippen LogP contribution in [0.15, 0.2) is 18.2 Å². The molecule has 3 rings (SSSR count). The van der Waals surface area contributed by atoms with Gasteiger partial charge in [0.1, 0.15) is 13.2 Å². The number of aliphatic carboxylic acids is 1. The number of amides is 1. The van der Waals surface area contributed by atoms with Crippen molar-refractivity contribution in [2.24, 2.45) is 11.8 Å². The third kappa shape index (κ3) is 3.09. The summed E-state index contributed by atoms with van der Waals surface area (Å²) in [5.74, 6) is -0.432. The Labute approximate surface area is 122 Å². The molecule has 1 aliphatic carbocycles. The van der Waals surface area contributed by atoms with Gasteiger partial charge in [0.2, 0.25) is 5.91 Å². The molecule has 0 unspecified atom stereocenters. The maximum absolute atomic E-state index is 11.7. The first-order valence-electron chi connectivity index (χ1n) is 7.04. The van der Waals surface area contributed by atoms with Gasteiger partial charge >= 0.3 is 5.97 Å². The van der Waals surface area contributed by atoms with Crippen molar-refractivity contribution in [3.8, 4) is 11.5 Å². The first-order chi connectivity index (χ1) is 10.1. The maximum atomic E-state index is 11.7. The minimum atomic E-state index is -0.887. The van der Waals surface area contributed by atoms with Crippen LogP contribution >= 0.6 is 0 Å². The summed E-state index contributed by atoms with van der Waals surface area (Å²) >= 11 is 0. The zero-order chi connectivity index (χ0) is 14.8. The van der Waals surface area contributed by atoms with Crippen molar-refractivity contribution in [2.45, 2.75) is 12.8 Å². The van der Waals surface area contributed by atoms with Gasteiger partial charge in [-0.2, -0.15) is 0 Å². The van der Waals surface area contributed by atoms with Crippen LogP contribution in [0.4, 0.5) is 0 Å². The largest absolute Gasteiger partial charge is 0.486 e. The molecule has 2 aliphatic rings. The molecule has 0 saturated heterocycles. The van der Waals surface area contributed by atoms with E-state index in [0.717, 1.165) is 17.1 Å². The van der Waals surface area contributed by atoms with Gasteiger partial charge in [0.05, 0.1) is 11.8 Å². The third-order valence-electron chi connectivity index (χ3n) is 3.76. The summed E-state index contributed by atoms with van der Waals surface area (Å²) in [5, 5.41) is 11.6. The Balaban J connectivity index is 1.47. The van der Waals surface area contributed by atoms with E-state index < -0.39 is 11.9 Å². The molecule has 6 nitrogen and oxygen atoms in total. The van der Waals surface area contributed by atoms with Crippen LogP contribution < -0.4 is 14.8 Å². The lowest BCUT2D eigenvalue weighted by Crippen LogP contribution is -2.28. The quantitative estimate of drug-likeness (QED) is 0.839. The average molecular weight is 291 g/mol. The Morgan fingerprint density at radius 3 is 2.67 bits per heavy atom. The highest BCUT2D eigenvalue weighted by molar-refractivity contribution is 5.89. The zero-order valence-electron chi connectivity index (χ0n) is 11.5. The zero-order valence-corrected chi connectivity index (χ0v) is 11.5. The molecule has 1 aliphatic heterocycles. The molecular weight excluding hydrogens is 274 g/mol. The summed E-state index contributed by atoms with van der Waals surface area (Å²) in [6.45, 7) is 1.60. The molecule has 1 aromatic carbocycles. The van der Waals surface area contributed by atoms with E-state index in [-0.39, 0.29) is 11.8 Å². The molecule has 1 amide bonds. The molecular formula is C15H17NO5. The number of ether oxygens (including phenoxy) is 2. The second-order valence-electron chi connectivity index (χ2n) is 5.31. The highest BCUT2D eigenvalue weighted by Crippen LogP contribution is 2.38. The van der Waals surface area contributed by atoms with E-state index in [1.54, 1.807) is 0 Å². The van der Waals surface area contributed by atoms with Crippen LogP contribution in [0.3, 0.4) is 0 Å². The van der Waals surface area contributed by atoms with Crippen LogP contribution in [0.25, 0.3) is 0 Å². The molecule has 1 saturated carbocycles. The summed E-state index contributed by atoms with van der Waals surface area (Å²) in [6, 6.07) is 5.72. The normalized spacial score (nSPS) is 22.5. The Morgan fingerprint density at radius 1 is 1.19 bits per heavy atom. The lowest BCUT2D eigenvalue weighted by Gasteiger charge is -2.18. The van der Waals surface area contributed by atoms with E-state index in [1.807, 2.05) is 18.2 Å². The van der Waals surface area contributed by atoms with Crippen molar-refractivity contribution in [3.63, 3.8) is 0 Å². The van der Waals surface area contributed by atoms with E-state index in [0.29, 0.717) is 32.6 Å². The molecule has 1 aromatic rings. The number of hydrogen-bond donors (Lipinski definition) is 2. The monoisotopic (exact) mass is 291 g/mol. The van der Waals surface area contributed by atoms with E-state index in [2.05, 4.69) is 5.32 Å². The van der Waals surface area contributed by atoms with Crippen LogP contribution in [0.2, 0.25) is 0 Å². The summed E-state index contributed by atoms with van der Waals surface area (Å²) in [6.07, 6.45) is 1.12. The third-order valence-corrected chi connectivity index (χ3v) is 3.76. The fourth-order valence-electron chi connectivity index (χ4n) is 2.46. The lowest BCUT2D eigenvalue weighted by molar-refractivity contribution is -0.140. The molecule has 21 heavy (non-hydrogen) atoms. The van der Waals surface area contributed by atoms with Gasteiger partial charge in [-0.3, -0.25) is 9.59 Å². The van der Waals surface area contributed by atoms with Crippen LogP contribution in [-0.2, 0) is 16.0 Å². The van der Waals surface area contributed by atoms with Crippen LogP contribution in [0, 0.1) is 11.8 Å². The topological polar surface area (TPSA) is 84.9 Å². The van der Waals surface area contributed by atoms with Crippen molar-refractivity contribution in [1.29, 1.82) is 0 Å². The van der Waals surface area contributed by atoms with Crippen molar-refractivity contribution in [3.05, 3.63) is 23.8 Å². The van der Waals surface area contributed by atoms with Gasteiger partial charge in [0.15, 0.2) is 11.5 Å². The molecule has 0 radical (unpaired) electrons. The average Bonchev–Trinajstić information content (AvgIpc) is 3.28. The molecule has 0 bridgehead atoms. The predicted molar refractivity (Wildman–Crippen MR) is 73.4 cm³/mol. The van der Waals surface area contributed by atoms with Gasteiger partial charge in [0, 0.05) is 6.54 Å². The smallest absolute Gasteiger partial charge is 0.307 e. The number of benzene rings is 1. The summed E-state index contributed by atoms with van der Waals surface area (Å²) < 4.78 is 10.9. The number of hydrogen-bond acceptors (Lipinski definition) is 4. The molecule has 0 aromatic heterocycles. The highest BCUT2D eigenvalue weighted by atomic mass is 16.6. The molecule has 6 heteroatoms. The van der Waals surface area contributed by atoms with Crippen molar-refractivity contribution in [2.75, 3.05) is 19.8 Å². The first-order valence-corrected chi connectivity index (χ1v) is 7.04. The highest BCUT2D eigenvalue weighted by Gasteiger charge is 2.48. The number of carboxylic acid groups (broad SMARTS) is 1. The van der Waals surface area contributed by atoms with Gasteiger partial charge in [-0.15, -0.1) is 0 Å². The number of nitrogens with one attached hydrogen (secondary N) is 1. The molecule has 2 atom stereocenters. The second-order valence-corrected chi connectivity index (χ2v) is 5.31. The number of fused-ring (bicyclic) bond motifs is 1. The van der Waals surface area contributed by atoms with Crippen molar-refractivity contribution in [1.82, 2.24) is 5.32 Å². The van der Waals surface area contributed by atoms with Gasteiger partial charge in [-0.05, 0) is 30.5 Å². The Morgan fingerprint density at radius 2 is 1.95 bits per heavy atom. The van der Waals surface area contributed by atoms with E-state index in [4.69, 9.17) is 14.6 Å². The van der Waals surface area contributed by atoms with Crippen molar-refractivity contribution < 1.29 is 24.2 Å². The van der Waals surface area contributed by atoms with Gasteiger partial charge in [-0.25, -0.2) is 0 Å². The fraction of sp³-hybridized carbons (Fsp3) is 0.467. The van der Waals surface area contributed by atoms with Crippen LogP contribution in [-0.4, -0.2) is 36.7 Å².